The first-order valence-corrected chi connectivity index (χ1v) is 11.3. The second kappa shape index (κ2) is 6.41. The Hall–Kier alpha value is -4.25. The lowest BCUT2D eigenvalue weighted by Crippen LogP contribution is -2.57. The Balaban J connectivity index is 1.54. The van der Waals surface area contributed by atoms with Crippen LogP contribution in [0.4, 0.5) is 5.69 Å². The first-order valence-electron chi connectivity index (χ1n) is 11.3. The molecule has 0 radical (unpaired) electrons. The van der Waals surface area contributed by atoms with E-state index in [0.29, 0.717) is 16.8 Å². The van der Waals surface area contributed by atoms with Crippen LogP contribution in [-0.4, -0.2) is 22.9 Å². The van der Waals surface area contributed by atoms with Crippen molar-refractivity contribution in [2.45, 2.75) is 11.3 Å². The molecule has 1 fully saturated rings. The zero-order valence-corrected chi connectivity index (χ0v) is 18.0. The number of hydrogen-bond donors (Lipinski definition) is 1. The van der Waals surface area contributed by atoms with Gasteiger partial charge in [-0.25, -0.2) is 4.90 Å². The Labute approximate surface area is 195 Å². The highest BCUT2D eigenvalue weighted by Crippen LogP contribution is 2.64. The molecule has 8 rings (SSSR count). The zero-order valence-electron chi connectivity index (χ0n) is 18.0. The van der Waals surface area contributed by atoms with Gasteiger partial charge < -0.3 is 5.11 Å². The number of anilines is 1. The minimum atomic E-state index is -1.61. The highest BCUT2D eigenvalue weighted by Gasteiger charge is 2.71. The number of aliphatic carboxylic acids is 1. The Morgan fingerprint density at radius 2 is 1.32 bits per heavy atom. The van der Waals surface area contributed by atoms with E-state index in [1.807, 2.05) is 72.8 Å². The van der Waals surface area contributed by atoms with Gasteiger partial charge in [-0.1, -0.05) is 84.9 Å². The molecule has 1 aliphatic heterocycles. The fourth-order valence-electron chi connectivity index (χ4n) is 6.78. The number of carboxylic acids is 1. The molecule has 1 N–H and O–H groups in total. The lowest BCUT2D eigenvalue weighted by Gasteiger charge is -2.51. The quantitative estimate of drug-likeness (QED) is 0.462. The number of nitrogens with zero attached hydrogens (tertiary/aromatic N) is 1. The summed E-state index contributed by atoms with van der Waals surface area (Å²) in [6, 6.07) is 27.9. The average Bonchev–Trinajstić information content (AvgIpc) is 3.14. The van der Waals surface area contributed by atoms with Crippen LogP contribution in [0.5, 0.6) is 0 Å². The van der Waals surface area contributed by atoms with Gasteiger partial charge in [0.25, 0.3) is 0 Å². The minimum absolute atomic E-state index is 0.328. The summed E-state index contributed by atoms with van der Waals surface area (Å²) in [4.78, 5) is 42.7. The van der Waals surface area contributed by atoms with Gasteiger partial charge in [0.2, 0.25) is 11.8 Å². The molecule has 4 aliphatic rings. The molecule has 34 heavy (non-hydrogen) atoms. The van der Waals surface area contributed by atoms with Crippen molar-refractivity contribution >= 4 is 34.2 Å². The number of carboxylic acid groups (broad SMARTS) is 1. The van der Waals surface area contributed by atoms with Gasteiger partial charge in [0.05, 0.1) is 17.5 Å². The number of carbonyl (C=O) groups is 3. The number of carbonyl (C=O) groups excluding carboxylic acids is 2. The lowest BCUT2D eigenvalue weighted by molar-refractivity contribution is -0.149. The van der Waals surface area contributed by atoms with Gasteiger partial charge in [-0.3, -0.25) is 14.4 Å². The van der Waals surface area contributed by atoms with Crippen molar-refractivity contribution in [1.29, 1.82) is 0 Å². The van der Waals surface area contributed by atoms with Crippen molar-refractivity contribution in [1.82, 2.24) is 0 Å². The molecular weight excluding hydrogens is 426 g/mol. The normalized spacial score (nSPS) is 26.4. The maximum atomic E-state index is 14.2. The Morgan fingerprint density at radius 1 is 0.735 bits per heavy atom. The van der Waals surface area contributed by atoms with E-state index in [4.69, 9.17) is 0 Å². The summed E-state index contributed by atoms with van der Waals surface area (Å²) < 4.78 is 0. The van der Waals surface area contributed by atoms with E-state index in [9.17, 15) is 19.5 Å². The highest BCUT2D eigenvalue weighted by molar-refractivity contribution is 6.27. The van der Waals surface area contributed by atoms with Crippen LogP contribution in [0.15, 0.2) is 91.0 Å². The van der Waals surface area contributed by atoms with Crippen molar-refractivity contribution < 1.29 is 19.5 Å². The molecule has 1 heterocycles. The molecule has 2 amide bonds. The number of hydrogen-bond acceptors (Lipinski definition) is 3. The molecule has 5 nitrogen and oxygen atoms in total. The fourth-order valence-corrected chi connectivity index (χ4v) is 6.78. The molecule has 0 saturated carbocycles. The Bertz CT molecular complexity index is 1520. The van der Waals surface area contributed by atoms with Crippen LogP contribution in [0.25, 0.3) is 10.8 Å². The maximum Gasteiger partial charge on any atom is 0.319 e. The minimum Gasteiger partial charge on any atom is -0.480 e. The van der Waals surface area contributed by atoms with Crippen LogP contribution in [-0.2, 0) is 19.8 Å². The van der Waals surface area contributed by atoms with Crippen molar-refractivity contribution in [3.8, 4) is 0 Å². The standard InChI is InChI=1S/C29H19NO4/c31-26-24-23-18-11-3-5-13-20(18)29(28(33)34,21-14-6-4-12-19(21)23)25(24)27(32)30(26)22-15-7-9-16-8-1-2-10-17(16)22/h1-15,23-25H,(H,33,34)/t23?,24-,25-,29?/m1/s1. The molecule has 2 bridgehead atoms. The van der Waals surface area contributed by atoms with Gasteiger partial charge in [0.15, 0.2) is 0 Å². The zero-order chi connectivity index (χ0) is 23.2. The largest absolute Gasteiger partial charge is 0.480 e. The van der Waals surface area contributed by atoms with Crippen molar-refractivity contribution in [2.24, 2.45) is 11.8 Å². The fraction of sp³-hybridized carbons (Fsp3) is 0.138. The van der Waals surface area contributed by atoms with Gasteiger partial charge in [0, 0.05) is 11.3 Å². The van der Waals surface area contributed by atoms with Crippen LogP contribution in [0.1, 0.15) is 28.2 Å². The van der Waals surface area contributed by atoms with Gasteiger partial charge in [0.1, 0.15) is 5.41 Å². The van der Waals surface area contributed by atoms with E-state index >= 15 is 0 Å². The number of imide groups is 1. The maximum absolute atomic E-state index is 14.2. The summed E-state index contributed by atoms with van der Waals surface area (Å²) in [7, 11) is 0. The Morgan fingerprint density at radius 3 is 2.00 bits per heavy atom. The molecule has 0 unspecified atom stereocenters. The molecule has 0 spiro atoms. The second-order valence-corrected chi connectivity index (χ2v) is 9.28. The molecule has 4 aromatic carbocycles. The van der Waals surface area contributed by atoms with Crippen molar-refractivity contribution in [3.05, 3.63) is 113 Å². The molecule has 5 heteroatoms. The number of amides is 2. The first kappa shape index (κ1) is 19.2. The molecular formula is C29H19NO4. The molecule has 3 aliphatic carbocycles. The van der Waals surface area contributed by atoms with Crippen LogP contribution < -0.4 is 4.90 Å². The summed E-state index contributed by atoms with van der Waals surface area (Å²) in [5.41, 5.74) is 1.78. The molecule has 2 atom stereocenters. The van der Waals surface area contributed by atoms with Crippen molar-refractivity contribution in [2.75, 3.05) is 4.90 Å². The lowest BCUT2D eigenvalue weighted by atomic mass is 9.47. The number of fused-ring (bicyclic) bond motifs is 1. The SMILES string of the molecule is O=C1[C@@H]2C3c4ccccc4C(C(=O)O)(c4ccccc43)[C@H]2C(=O)N1c1cccc2ccccc12. The van der Waals surface area contributed by atoms with E-state index in [1.54, 1.807) is 18.2 Å². The van der Waals surface area contributed by atoms with Crippen LogP contribution >= 0.6 is 0 Å². The predicted molar refractivity (Wildman–Crippen MR) is 127 cm³/mol. The Kier molecular flexibility index (Phi) is 3.63. The van der Waals surface area contributed by atoms with E-state index in [1.165, 1.54) is 4.90 Å². The average molecular weight is 445 g/mol. The number of benzene rings is 4. The smallest absolute Gasteiger partial charge is 0.319 e. The monoisotopic (exact) mass is 445 g/mol. The van der Waals surface area contributed by atoms with E-state index in [-0.39, 0.29) is 11.8 Å². The predicted octanol–water partition coefficient (Wildman–Crippen LogP) is 4.48. The van der Waals surface area contributed by atoms with Crippen LogP contribution in [0.3, 0.4) is 0 Å². The summed E-state index contributed by atoms with van der Waals surface area (Å²) in [6.07, 6.45) is 0. The van der Waals surface area contributed by atoms with Crippen LogP contribution in [0.2, 0.25) is 0 Å². The highest BCUT2D eigenvalue weighted by atomic mass is 16.4. The third-order valence-corrected chi connectivity index (χ3v) is 7.96. The molecule has 4 aromatic rings. The summed E-state index contributed by atoms with van der Waals surface area (Å²) in [6.45, 7) is 0. The van der Waals surface area contributed by atoms with Gasteiger partial charge >= 0.3 is 5.97 Å². The van der Waals surface area contributed by atoms with Gasteiger partial charge in [-0.15, -0.1) is 0 Å². The number of rotatable bonds is 2. The summed E-state index contributed by atoms with van der Waals surface area (Å²) in [5.74, 6) is -4.01. The topological polar surface area (TPSA) is 74.7 Å². The van der Waals surface area contributed by atoms with Crippen LogP contribution in [0, 0.1) is 11.8 Å². The summed E-state index contributed by atoms with van der Waals surface area (Å²) >= 11 is 0. The van der Waals surface area contributed by atoms with Gasteiger partial charge in [-0.2, -0.15) is 0 Å². The third kappa shape index (κ3) is 2.04. The third-order valence-electron chi connectivity index (χ3n) is 7.96. The summed E-state index contributed by atoms with van der Waals surface area (Å²) in [5, 5.41) is 12.5. The molecule has 1 saturated heterocycles. The second-order valence-electron chi connectivity index (χ2n) is 9.28. The van der Waals surface area contributed by atoms with E-state index in [2.05, 4.69) is 0 Å². The van der Waals surface area contributed by atoms with Gasteiger partial charge in [-0.05, 0) is 33.7 Å². The molecule has 0 aromatic heterocycles. The van der Waals surface area contributed by atoms with E-state index < -0.39 is 29.1 Å². The first-order chi connectivity index (χ1) is 16.6. The molecule has 164 valence electrons. The van der Waals surface area contributed by atoms with Crippen molar-refractivity contribution in [3.63, 3.8) is 0 Å². The van der Waals surface area contributed by atoms with E-state index in [0.717, 1.165) is 21.9 Å².